The lowest BCUT2D eigenvalue weighted by Gasteiger charge is -2.13. The first-order valence-electron chi connectivity index (χ1n) is 9.76. The molecule has 1 aromatic heterocycles. The summed E-state index contributed by atoms with van der Waals surface area (Å²) in [7, 11) is -3.84. The number of fused-ring (bicyclic) bond motifs is 1. The van der Waals surface area contributed by atoms with Crippen LogP contribution >= 0.6 is 0 Å². The van der Waals surface area contributed by atoms with E-state index in [9.17, 15) is 13.2 Å². The van der Waals surface area contributed by atoms with Crippen molar-refractivity contribution in [2.45, 2.75) is 25.3 Å². The van der Waals surface area contributed by atoms with Gasteiger partial charge in [-0.3, -0.25) is 9.52 Å². The zero-order valence-electron chi connectivity index (χ0n) is 17.2. The monoisotopic (exact) mass is 434 g/mol. The zero-order chi connectivity index (χ0) is 22.0. The lowest BCUT2D eigenvalue weighted by Crippen LogP contribution is -2.23. The SMILES string of the molecule is Cc1cccc(NS(=O)(=O)c2cc(C(=O)NCc3ccc4occc4c3)ccc2C)c1. The number of sulfonamides is 1. The van der Waals surface area contributed by atoms with Crippen molar-refractivity contribution >= 4 is 32.6 Å². The lowest BCUT2D eigenvalue weighted by atomic mass is 10.1. The number of anilines is 1. The molecule has 0 saturated heterocycles. The van der Waals surface area contributed by atoms with Crippen molar-refractivity contribution in [1.29, 1.82) is 0 Å². The van der Waals surface area contributed by atoms with Crippen molar-refractivity contribution in [2.24, 2.45) is 0 Å². The molecule has 1 amide bonds. The van der Waals surface area contributed by atoms with Crippen molar-refractivity contribution < 1.29 is 17.6 Å². The summed E-state index contributed by atoms with van der Waals surface area (Å²) in [5, 5.41) is 3.80. The van der Waals surface area contributed by atoms with E-state index in [0.717, 1.165) is 22.1 Å². The number of amides is 1. The van der Waals surface area contributed by atoms with Gasteiger partial charge in [-0.1, -0.05) is 24.3 Å². The molecular formula is C24H22N2O4S. The fraction of sp³-hybridized carbons (Fsp3) is 0.125. The smallest absolute Gasteiger partial charge is 0.262 e. The first-order chi connectivity index (χ1) is 14.8. The number of furan rings is 1. The normalized spacial score (nSPS) is 11.4. The van der Waals surface area contributed by atoms with E-state index in [0.29, 0.717) is 17.8 Å². The molecule has 158 valence electrons. The molecule has 0 unspecified atom stereocenters. The topological polar surface area (TPSA) is 88.4 Å². The van der Waals surface area contributed by atoms with Crippen LogP contribution < -0.4 is 10.0 Å². The van der Waals surface area contributed by atoms with E-state index in [-0.39, 0.29) is 16.4 Å². The molecular weight excluding hydrogens is 412 g/mol. The molecule has 0 spiro atoms. The van der Waals surface area contributed by atoms with Crippen LogP contribution in [0, 0.1) is 13.8 Å². The summed E-state index contributed by atoms with van der Waals surface area (Å²) in [6.45, 7) is 3.91. The first-order valence-corrected chi connectivity index (χ1v) is 11.2. The van der Waals surface area contributed by atoms with Gasteiger partial charge in [-0.05, 0) is 73.0 Å². The molecule has 6 nitrogen and oxygen atoms in total. The third-order valence-corrected chi connectivity index (χ3v) is 6.50. The van der Waals surface area contributed by atoms with Gasteiger partial charge in [0.1, 0.15) is 5.58 Å². The number of benzene rings is 3. The molecule has 0 aliphatic rings. The van der Waals surface area contributed by atoms with Gasteiger partial charge in [0.15, 0.2) is 0 Å². The van der Waals surface area contributed by atoms with Crippen LogP contribution in [0.15, 0.2) is 82.3 Å². The van der Waals surface area contributed by atoms with Crippen LogP contribution in [-0.4, -0.2) is 14.3 Å². The minimum atomic E-state index is -3.84. The average molecular weight is 435 g/mol. The molecule has 0 aliphatic heterocycles. The van der Waals surface area contributed by atoms with Crippen LogP contribution in [0.25, 0.3) is 11.0 Å². The van der Waals surface area contributed by atoms with Gasteiger partial charge in [-0.15, -0.1) is 0 Å². The van der Waals surface area contributed by atoms with E-state index in [1.54, 1.807) is 43.5 Å². The molecule has 4 rings (SSSR count). The number of hydrogen-bond acceptors (Lipinski definition) is 4. The van der Waals surface area contributed by atoms with Crippen LogP contribution in [0.5, 0.6) is 0 Å². The van der Waals surface area contributed by atoms with Crippen LogP contribution in [0.3, 0.4) is 0 Å². The Balaban J connectivity index is 1.52. The van der Waals surface area contributed by atoms with Gasteiger partial charge in [-0.2, -0.15) is 0 Å². The van der Waals surface area contributed by atoms with E-state index in [1.165, 1.54) is 6.07 Å². The molecule has 2 N–H and O–H groups in total. The highest BCUT2D eigenvalue weighted by Gasteiger charge is 2.19. The number of hydrogen-bond donors (Lipinski definition) is 2. The van der Waals surface area contributed by atoms with Gasteiger partial charge >= 0.3 is 0 Å². The average Bonchev–Trinajstić information content (AvgIpc) is 3.20. The number of nitrogens with one attached hydrogen (secondary N) is 2. The molecule has 0 aliphatic carbocycles. The Morgan fingerprint density at radius 3 is 2.61 bits per heavy atom. The molecule has 0 bridgehead atoms. The summed E-state index contributed by atoms with van der Waals surface area (Å²) in [6, 6.07) is 19.3. The second kappa shape index (κ2) is 8.28. The number of carbonyl (C=O) groups is 1. The lowest BCUT2D eigenvalue weighted by molar-refractivity contribution is 0.0950. The predicted molar refractivity (Wildman–Crippen MR) is 121 cm³/mol. The van der Waals surface area contributed by atoms with Crippen LogP contribution in [0.4, 0.5) is 5.69 Å². The largest absolute Gasteiger partial charge is 0.464 e. The second-order valence-corrected chi connectivity index (χ2v) is 9.08. The quantitative estimate of drug-likeness (QED) is 0.457. The molecule has 3 aromatic carbocycles. The van der Waals surface area contributed by atoms with Gasteiger partial charge in [0, 0.05) is 23.2 Å². The zero-order valence-corrected chi connectivity index (χ0v) is 18.0. The highest BCUT2D eigenvalue weighted by Crippen LogP contribution is 2.22. The minimum Gasteiger partial charge on any atom is -0.464 e. The maximum atomic E-state index is 12.9. The molecule has 0 fully saturated rings. The van der Waals surface area contributed by atoms with E-state index < -0.39 is 10.0 Å². The van der Waals surface area contributed by atoms with Crippen molar-refractivity contribution in [3.05, 3.63) is 95.2 Å². The Labute approximate surface area is 181 Å². The molecule has 0 atom stereocenters. The first kappa shape index (κ1) is 20.7. The summed E-state index contributed by atoms with van der Waals surface area (Å²) in [4.78, 5) is 12.8. The Hall–Kier alpha value is -3.58. The van der Waals surface area contributed by atoms with Crippen molar-refractivity contribution in [3.8, 4) is 0 Å². The van der Waals surface area contributed by atoms with Gasteiger partial charge in [0.2, 0.25) is 0 Å². The summed E-state index contributed by atoms with van der Waals surface area (Å²) < 4.78 is 33.8. The standard InChI is InChI=1S/C24H22N2O4S/c1-16-4-3-5-21(12-16)26-31(28,29)23-14-20(8-6-17(23)2)24(27)25-15-18-7-9-22-19(13-18)10-11-30-22/h3-14,26H,15H2,1-2H3,(H,25,27). The molecule has 4 aromatic rings. The number of rotatable bonds is 6. The summed E-state index contributed by atoms with van der Waals surface area (Å²) >= 11 is 0. The molecule has 0 radical (unpaired) electrons. The second-order valence-electron chi connectivity index (χ2n) is 7.43. The number of carbonyl (C=O) groups excluding carboxylic acids is 1. The third kappa shape index (κ3) is 4.62. The van der Waals surface area contributed by atoms with Gasteiger partial charge in [0.05, 0.1) is 11.2 Å². The van der Waals surface area contributed by atoms with Crippen molar-refractivity contribution in [2.75, 3.05) is 4.72 Å². The Morgan fingerprint density at radius 1 is 0.968 bits per heavy atom. The van der Waals surface area contributed by atoms with E-state index in [2.05, 4.69) is 10.0 Å². The van der Waals surface area contributed by atoms with Gasteiger partial charge in [0.25, 0.3) is 15.9 Å². The number of aryl methyl sites for hydroxylation is 2. The van der Waals surface area contributed by atoms with E-state index >= 15 is 0 Å². The van der Waals surface area contributed by atoms with Gasteiger partial charge in [-0.25, -0.2) is 8.42 Å². The molecule has 31 heavy (non-hydrogen) atoms. The van der Waals surface area contributed by atoms with Crippen molar-refractivity contribution in [1.82, 2.24) is 5.32 Å². The minimum absolute atomic E-state index is 0.0708. The Bertz CT molecular complexity index is 1370. The molecule has 7 heteroatoms. The fourth-order valence-corrected chi connectivity index (χ4v) is 4.68. The Kier molecular flexibility index (Phi) is 5.52. The van der Waals surface area contributed by atoms with Crippen LogP contribution in [0.2, 0.25) is 0 Å². The summed E-state index contributed by atoms with van der Waals surface area (Å²) in [5.41, 5.74) is 3.96. The summed E-state index contributed by atoms with van der Waals surface area (Å²) in [5.74, 6) is -0.348. The highest BCUT2D eigenvalue weighted by molar-refractivity contribution is 7.92. The van der Waals surface area contributed by atoms with Crippen molar-refractivity contribution in [3.63, 3.8) is 0 Å². The van der Waals surface area contributed by atoms with E-state index in [4.69, 9.17) is 4.42 Å². The predicted octanol–water partition coefficient (Wildman–Crippen LogP) is 4.78. The van der Waals surface area contributed by atoms with E-state index in [1.807, 2.05) is 37.3 Å². The van der Waals surface area contributed by atoms with Crippen LogP contribution in [0.1, 0.15) is 27.0 Å². The molecule has 1 heterocycles. The maximum Gasteiger partial charge on any atom is 0.262 e. The Morgan fingerprint density at radius 2 is 1.81 bits per heavy atom. The fourth-order valence-electron chi connectivity index (χ4n) is 3.36. The van der Waals surface area contributed by atoms with Crippen LogP contribution in [-0.2, 0) is 16.6 Å². The molecule has 0 saturated carbocycles. The van der Waals surface area contributed by atoms with Gasteiger partial charge < -0.3 is 9.73 Å². The third-order valence-electron chi connectivity index (χ3n) is 4.98. The highest BCUT2D eigenvalue weighted by atomic mass is 32.2. The maximum absolute atomic E-state index is 12.9. The summed E-state index contributed by atoms with van der Waals surface area (Å²) in [6.07, 6.45) is 1.62.